The first-order valence-electron chi connectivity index (χ1n) is 5.97. The largest absolute Gasteiger partial charge is 0.396 e. The summed E-state index contributed by atoms with van der Waals surface area (Å²) in [7, 11) is 0. The highest BCUT2D eigenvalue weighted by molar-refractivity contribution is 5.08. The van der Waals surface area contributed by atoms with Crippen LogP contribution >= 0.6 is 0 Å². The van der Waals surface area contributed by atoms with Crippen molar-refractivity contribution in [3.63, 3.8) is 0 Å². The second kappa shape index (κ2) is 13.2. The molecule has 0 amide bonds. The summed E-state index contributed by atoms with van der Waals surface area (Å²) in [6.45, 7) is 3.95. The van der Waals surface area contributed by atoms with E-state index < -0.39 is 0 Å². The quantitative estimate of drug-likeness (QED) is 0.425. The van der Waals surface area contributed by atoms with Gasteiger partial charge >= 0.3 is 0 Å². The molecule has 0 bridgehead atoms. The lowest BCUT2D eigenvalue weighted by Crippen LogP contribution is -1.83. The monoisotopic (exact) mass is 208 g/mol. The number of unbranched alkanes of at least 4 members (excludes halogenated alkanes) is 6. The zero-order valence-electron chi connectivity index (χ0n) is 9.70. The van der Waals surface area contributed by atoms with Crippen molar-refractivity contribution in [1.82, 2.24) is 0 Å². The minimum Gasteiger partial charge on any atom is -0.396 e. The van der Waals surface area contributed by atoms with Crippen LogP contribution in [0.25, 0.3) is 0 Å². The third-order valence-electron chi connectivity index (χ3n) is 2.27. The van der Waals surface area contributed by atoms with Crippen LogP contribution in [0.3, 0.4) is 0 Å². The molecule has 15 heavy (non-hydrogen) atoms. The summed E-state index contributed by atoms with van der Waals surface area (Å²) in [5.41, 5.74) is 0. The van der Waals surface area contributed by atoms with Crippen LogP contribution in [-0.4, -0.2) is 11.7 Å². The maximum absolute atomic E-state index is 8.59. The zero-order chi connectivity index (χ0) is 11.2. The first-order valence-corrected chi connectivity index (χ1v) is 5.97. The van der Waals surface area contributed by atoms with Gasteiger partial charge in [-0.2, -0.15) is 0 Å². The van der Waals surface area contributed by atoms with Gasteiger partial charge in [0.2, 0.25) is 0 Å². The van der Waals surface area contributed by atoms with Crippen LogP contribution in [0.15, 0.2) is 37.0 Å². The van der Waals surface area contributed by atoms with E-state index in [-0.39, 0.29) is 0 Å². The molecule has 0 aliphatic carbocycles. The summed E-state index contributed by atoms with van der Waals surface area (Å²) < 4.78 is 0. The molecule has 0 aromatic rings. The second-order valence-corrected chi connectivity index (χ2v) is 3.68. The highest BCUT2D eigenvalue weighted by atomic mass is 16.2. The number of aliphatic hydroxyl groups excluding tert-OH is 1. The van der Waals surface area contributed by atoms with E-state index in [1.54, 1.807) is 6.08 Å². The van der Waals surface area contributed by atoms with Crippen LogP contribution < -0.4 is 0 Å². The van der Waals surface area contributed by atoms with Gasteiger partial charge in [0.05, 0.1) is 0 Å². The first-order chi connectivity index (χ1) is 7.41. The normalized spacial score (nSPS) is 11.5. The molecule has 0 rings (SSSR count). The number of hydrogen-bond acceptors (Lipinski definition) is 1. The van der Waals surface area contributed by atoms with Crippen molar-refractivity contribution >= 4 is 0 Å². The predicted molar refractivity (Wildman–Crippen MR) is 67.9 cm³/mol. The molecular weight excluding hydrogens is 184 g/mol. The van der Waals surface area contributed by atoms with Crippen LogP contribution in [-0.2, 0) is 0 Å². The van der Waals surface area contributed by atoms with E-state index in [1.165, 1.54) is 38.5 Å². The molecule has 86 valence electrons. The van der Waals surface area contributed by atoms with E-state index in [4.69, 9.17) is 5.11 Å². The van der Waals surface area contributed by atoms with E-state index in [9.17, 15) is 0 Å². The molecule has 0 spiro atoms. The first kappa shape index (κ1) is 14.2. The molecule has 1 heteroatoms. The van der Waals surface area contributed by atoms with Gasteiger partial charge in [0, 0.05) is 6.61 Å². The van der Waals surface area contributed by atoms with Crippen LogP contribution in [0, 0.1) is 0 Å². The number of allylic oxidation sites excluding steroid dienone is 5. The van der Waals surface area contributed by atoms with Crippen LogP contribution in [0.4, 0.5) is 0 Å². The third kappa shape index (κ3) is 13.2. The molecule has 0 heterocycles. The molecule has 0 aliphatic rings. The van der Waals surface area contributed by atoms with Crippen molar-refractivity contribution in [1.29, 1.82) is 0 Å². The highest BCUT2D eigenvalue weighted by Crippen LogP contribution is 2.07. The summed E-state index contributed by atoms with van der Waals surface area (Å²) in [6, 6.07) is 0. The van der Waals surface area contributed by atoms with Gasteiger partial charge in [-0.3, -0.25) is 0 Å². The molecule has 0 aromatic carbocycles. The molecule has 0 aromatic heterocycles. The molecule has 0 aliphatic heterocycles. The Labute approximate surface area is 94.2 Å². The number of rotatable bonds is 10. The summed E-state index contributed by atoms with van der Waals surface area (Å²) in [4.78, 5) is 0. The van der Waals surface area contributed by atoms with Gasteiger partial charge in [-0.25, -0.2) is 0 Å². The Bertz CT molecular complexity index is 180. The fourth-order valence-corrected chi connectivity index (χ4v) is 1.40. The van der Waals surface area contributed by atoms with Crippen molar-refractivity contribution in [3.05, 3.63) is 37.0 Å². The van der Waals surface area contributed by atoms with Gasteiger partial charge in [0.15, 0.2) is 0 Å². The van der Waals surface area contributed by atoms with Gasteiger partial charge in [0.1, 0.15) is 0 Å². The van der Waals surface area contributed by atoms with E-state index in [1.807, 2.05) is 12.2 Å². The molecule has 0 radical (unpaired) electrons. The lowest BCUT2D eigenvalue weighted by atomic mass is 10.1. The average Bonchev–Trinajstić information content (AvgIpc) is 2.26. The Morgan fingerprint density at radius 2 is 1.47 bits per heavy atom. The van der Waals surface area contributed by atoms with Crippen LogP contribution in [0.2, 0.25) is 0 Å². The van der Waals surface area contributed by atoms with Crippen molar-refractivity contribution < 1.29 is 5.11 Å². The van der Waals surface area contributed by atoms with Gasteiger partial charge in [-0.15, -0.1) is 0 Å². The van der Waals surface area contributed by atoms with Gasteiger partial charge in [0.25, 0.3) is 0 Å². The Hall–Kier alpha value is -0.820. The zero-order valence-corrected chi connectivity index (χ0v) is 9.70. The minimum atomic E-state index is 0.346. The maximum atomic E-state index is 8.59. The SMILES string of the molecule is C=CC=CC=CCCCCCCCCO. The van der Waals surface area contributed by atoms with Crippen LogP contribution in [0.1, 0.15) is 44.9 Å². The minimum absolute atomic E-state index is 0.346. The van der Waals surface area contributed by atoms with E-state index in [0.717, 1.165) is 6.42 Å². The Morgan fingerprint density at radius 1 is 0.800 bits per heavy atom. The van der Waals surface area contributed by atoms with E-state index in [0.29, 0.717) is 6.61 Å². The molecule has 0 saturated heterocycles. The van der Waals surface area contributed by atoms with Crippen molar-refractivity contribution in [3.8, 4) is 0 Å². The maximum Gasteiger partial charge on any atom is 0.0431 e. The Morgan fingerprint density at radius 3 is 2.13 bits per heavy atom. The molecule has 0 saturated carbocycles. The smallest absolute Gasteiger partial charge is 0.0431 e. The van der Waals surface area contributed by atoms with E-state index in [2.05, 4.69) is 18.7 Å². The standard InChI is InChI=1S/C14H24O/c1-2-3-4-5-6-7-8-9-10-11-12-13-14-15/h2-6,15H,1,7-14H2. The van der Waals surface area contributed by atoms with Gasteiger partial charge in [-0.1, -0.05) is 62.6 Å². The summed E-state index contributed by atoms with van der Waals surface area (Å²) >= 11 is 0. The highest BCUT2D eigenvalue weighted by Gasteiger charge is 1.89. The molecular formula is C14H24O. The lowest BCUT2D eigenvalue weighted by molar-refractivity contribution is 0.282. The Kier molecular flexibility index (Phi) is 12.5. The molecule has 0 atom stereocenters. The topological polar surface area (TPSA) is 20.2 Å². The third-order valence-corrected chi connectivity index (χ3v) is 2.27. The van der Waals surface area contributed by atoms with Crippen molar-refractivity contribution in [2.24, 2.45) is 0 Å². The fourth-order valence-electron chi connectivity index (χ4n) is 1.40. The predicted octanol–water partition coefficient (Wildman–Crippen LogP) is 4.01. The fraction of sp³-hybridized carbons (Fsp3) is 0.571. The van der Waals surface area contributed by atoms with Crippen molar-refractivity contribution in [2.75, 3.05) is 6.61 Å². The lowest BCUT2D eigenvalue weighted by Gasteiger charge is -1.98. The summed E-state index contributed by atoms with van der Waals surface area (Å²) in [5, 5.41) is 8.59. The van der Waals surface area contributed by atoms with Gasteiger partial charge in [-0.05, 0) is 19.3 Å². The average molecular weight is 208 g/mol. The molecule has 0 unspecified atom stereocenters. The number of hydrogen-bond donors (Lipinski definition) is 1. The summed E-state index contributed by atoms with van der Waals surface area (Å²) in [5.74, 6) is 0. The van der Waals surface area contributed by atoms with E-state index >= 15 is 0 Å². The molecule has 1 nitrogen and oxygen atoms in total. The van der Waals surface area contributed by atoms with Crippen LogP contribution in [0.5, 0.6) is 0 Å². The summed E-state index contributed by atoms with van der Waals surface area (Å²) in [6.07, 6.45) is 18.5. The molecule has 0 fully saturated rings. The van der Waals surface area contributed by atoms with Crippen molar-refractivity contribution in [2.45, 2.75) is 44.9 Å². The van der Waals surface area contributed by atoms with Gasteiger partial charge < -0.3 is 5.11 Å². The number of aliphatic hydroxyl groups is 1. The Balaban J connectivity index is 3.07. The molecule has 1 N–H and O–H groups in total. The second-order valence-electron chi connectivity index (χ2n) is 3.68.